The maximum absolute atomic E-state index is 13.2. The Bertz CT molecular complexity index is 5060. The summed E-state index contributed by atoms with van der Waals surface area (Å²) in [5.41, 5.74) is 11.4. The van der Waals surface area contributed by atoms with Crippen LogP contribution in [0.25, 0.3) is 43.8 Å². The van der Waals surface area contributed by atoms with Crippen molar-refractivity contribution in [2.45, 2.75) is 92.6 Å². The van der Waals surface area contributed by atoms with Crippen molar-refractivity contribution in [1.29, 1.82) is 0 Å². The van der Waals surface area contributed by atoms with Crippen molar-refractivity contribution in [2.75, 3.05) is 37.8 Å². The maximum atomic E-state index is 13.2. The van der Waals surface area contributed by atoms with Gasteiger partial charge in [0.1, 0.15) is 58.9 Å². The summed E-state index contributed by atoms with van der Waals surface area (Å²) in [5.74, 6) is 0.664. The van der Waals surface area contributed by atoms with Crippen LogP contribution < -0.4 is 30.3 Å². The Kier molecular flexibility index (Phi) is 29.1. The molecule has 1 saturated heterocycles. The first kappa shape index (κ1) is 83.7. The molecule has 0 spiro atoms. The maximum Gasteiger partial charge on any atom is 0.496 e. The van der Waals surface area contributed by atoms with E-state index in [1.54, 1.807) is 55.0 Å². The number of fused-ring (bicyclic) bond motifs is 3. The predicted octanol–water partition coefficient (Wildman–Crippen LogP) is 16.3. The van der Waals surface area contributed by atoms with Crippen LogP contribution in [0.2, 0.25) is 15.5 Å². The van der Waals surface area contributed by atoms with E-state index in [2.05, 4.69) is 106 Å². The van der Waals surface area contributed by atoms with E-state index in [0.29, 0.717) is 22.0 Å². The molecule has 5 aromatic heterocycles. The molecule has 6 aromatic carbocycles. The van der Waals surface area contributed by atoms with Crippen molar-refractivity contribution in [3.05, 3.63) is 228 Å². The third-order valence-electron chi connectivity index (χ3n) is 15.3. The molecule has 12 rings (SSSR count). The summed E-state index contributed by atoms with van der Waals surface area (Å²) in [5, 5.41) is 9.68. The molecule has 0 saturated carbocycles. The monoisotopic (exact) mass is 1740 g/mol. The fraction of sp³-hybridized carbons (Fsp3) is 0.246. The molecule has 0 radical (unpaired) electrons. The van der Waals surface area contributed by atoms with E-state index in [4.69, 9.17) is 49.8 Å². The van der Waals surface area contributed by atoms with Crippen molar-refractivity contribution >= 4 is 178 Å². The zero-order valence-electron chi connectivity index (χ0n) is 55.1. The first-order valence-electron chi connectivity index (χ1n) is 30.0. The van der Waals surface area contributed by atoms with E-state index in [1.807, 2.05) is 97.0 Å². The average Bonchev–Trinajstić information content (AvgIpc) is 1.54. The van der Waals surface area contributed by atoms with Gasteiger partial charge in [0.15, 0.2) is 10.3 Å². The standard InChI is InChI=1S/C22H19ClFN5O2S.C16H13FIN3.C13H20BClN2O6S2.C8H4ClIN2.C8H10FN.2CH4/c1-13(14-3-6-17(24)7-4-14)28-22-18-9-15(5-8-19(18)26-12-27-22)16-10-20(21(23)25-11-16)29-32(2,30)31;1-10(11-2-4-12(17)5-3-11)21-16-14-8-13(18)6-7-15(14)19-9-20-16;1-12(2)13(3,4)23-14(22-12)9-7-10(11(15)16-8-9)17(24(5,18)19)25(6,20)21;9-8-6-3-5(10)1-2-7(6)11-4-12-8;1-6(10)7-2-4-8(9)5-3-7;;/h3-13,29H,1-2H3,(H,26,27,28);2-10H,1H3,(H,19,20,21);7-8H,1-6H3;1-4H;2-6H,10H2,1H3;2*1H4/t13-;10-;;;6-;;/m00..0../s1. The van der Waals surface area contributed by atoms with Gasteiger partial charge in [-0.3, -0.25) is 4.72 Å². The smallest absolute Gasteiger partial charge is 0.399 e. The van der Waals surface area contributed by atoms with Crippen LogP contribution >= 0.6 is 80.0 Å². The van der Waals surface area contributed by atoms with Crippen LogP contribution in [0.1, 0.15) is 98.1 Å². The van der Waals surface area contributed by atoms with Gasteiger partial charge in [0.25, 0.3) is 0 Å². The number of nitrogens with one attached hydrogen (secondary N) is 3. The molecule has 5 N–H and O–H groups in total. The lowest BCUT2D eigenvalue weighted by Gasteiger charge is -2.32. The molecule has 1 aliphatic heterocycles. The van der Waals surface area contributed by atoms with Gasteiger partial charge >= 0.3 is 7.12 Å². The van der Waals surface area contributed by atoms with Crippen LogP contribution in [0, 0.1) is 24.6 Å². The number of aromatic nitrogens is 8. The number of nitrogens with zero attached hydrogens (tertiary/aromatic N) is 9. The van der Waals surface area contributed by atoms with Gasteiger partial charge in [0.05, 0.1) is 52.2 Å². The van der Waals surface area contributed by atoms with Gasteiger partial charge in [0.2, 0.25) is 30.1 Å². The molecule has 102 heavy (non-hydrogen) atoms. The first-order valence-corrected chi connectivity index (χ1v) is 38.9. The lowest BCUT2D eigenvalue weighted by molar-refractivity contribution is 0.00578. The van der Waals surface area contributed by atoms with Gasteiger partial charge in [-0.1, -0.05) is 92.1 Å². The molecule has 6 heterocycles. The normalized spacial score (nSPS) is 13.9. The molecule has 540 valence electrons. The van der Waals surface area contributed by atoms with Crippen LogP contribution in [-0.4, -0.2) is 102 Å². The van der Waals surface area contributed by atoms with E-state index < -0.39 is 48.4 Å². The highest BCUT2D eigenvalue weighted by Gasteiger charge is 2.52. The Balaban J connectivity index is 0.000000210. The third kappa shape index (κ3) is 22.6. The predicted molar refractivity (Wildman–Crippen MR) is 422 cm³/mol. The Morgan fingerprint density at radius 2 is 0.912 bits per heavy atom. The summed E-state index contributed by atoms with van der Waals surface area (Å²) >= 11 is 22.4. The van der Waals surface area contributed by atoms with Gasteiger partial charge in [-0.05, 0) is 213 Å². The van der Waals surface area contributed by atoms with Gasteiger partial charge in [-0.25, -0.2) is 78.3 Å². The van der Waals surface area contributed by atoms with Gasteiger partial charge in [-0.15, -0.1) is 0 Å². The summed E-state index contributed by atoms with van der Waals surface area (Å²) in [7, 11) is -12.6. The quantitative estimate of drug-likeness (QED) is 0.0340. The topological polar surface area (TPSA) is 289 Å². The van der Waals surface area contributed by atoms with Gasteiger partial charge in [-0.2, -0.15) is 3.71 Å². The van der Waals surface area contributed by atoms with Crippen LogP contribution in [0.5, 0.6) is 0 Å². The molecular formula is C69H74BCl3F3I2N13O8S3. The highest BCUT2D eigenvalue weighted by atomic mass is 127. The van der Waals surface area contributed by atoms with E-state index >= 15 is 0 Å². The van der Waals surface area contributed by atoms with Gasteiger partial charge in [0, 0.05) is 64.8 Å². The second kappa shape index (κ2) is 35.5. The number of hydrogen-bond acceptors (Lipinski definition) is 19. The largest absolute Gasteiger partial charge is 0.496 e. The van der Waals surface area contributed by atoms with E-state index in [1.165, 1.54) is 61.3 Å². The minimum absolute atomic E-state index is 0. The molecular weight excluding hydrogens is 1660 g/mol. The Morgan fingerprint density at radius 1 is 0.500 bits per heavy atom. The molecule has 0 aliphatic carbocycles. The van der Waals surface area contributed by atoms with Crippen LogP contribution in [-0.2, 0) is 39.4 Å². The minimum Gasteiger partial charge on any atom is -0.399 e. The molecule has 1 aliphatic rings. The molecule has 11 aromatic rings. The zero-order chi connectivity index (χ0) is 73.2. The summed E-state index contributed by atoms with van der Waals surface area (Å²) in [6.45, 7) is 13.3. The number of pyridine rings is 2. The average molecular weight is 1740 g/mol. The highest BCUT2D eigenvalue weighted by molar-refractivity contribution is 14.1. The summed E-state index contributed by atoms with van der Waals surface area (Å²) in [4.78, 5) is 33.3. The molecule has 33 heteroatoms. The second-order valence-electron chi connectivity index (χ2n) is 23.7. The number of nitrogens with two attached hydrogens (primary N) is 1. The molecule has 3 atom stereocenters. The van der Waals surface area contributed by atoms with Crippen molar-refractivity contribution in [1.82, 2.24) is 39.9 Å². The summed E-state index contributed by atoms with van der Waals surface area (Å²) in [6.07, 6.45) is 10.00. The van der Waals surface area contributed by atoms with Crippen molar-refractivity contribution in [3.8, 4) is 11.1 Å². The van der Waals surface area contributed by atoms with Crippen LogP contribution in [0.15, 0.2) is 171 Å². The number of anilines is 4. The zero-order valence-corrected chi connectivity index (χ0v) is 64.1. The fourth-order valence-electron chi connectivity index (χ4n) is 9.51. The molecule has 21 nitrogen and oxygen atoms in total. The number of halogens is 8. The lowest BCUT2D eigenvalue weighted by atomic mass is 9.80. The Labute approximate surface area is 635 Å². The minimum atomic E-state index is -4.14. The summed E-state index contributed by atoms with van der Waals surface area (Å²) in [6, 6.07) is 39.3. The van der Waals surface area contributed by atoms with Crippen LogP contribution in [0.3, 0.4) is 0 Å². The fourth-order valence-corrected chi connectivity index (χ4v) is 14.7. The van der Waals surface area contributed by atoms with Crippen molar-refractivity contribution in [2.24, 2.45) is 5.73 Å². The number of benzene rings is 6. The Morgan fingerprint density at radius 3 is 1.36 bits per heavy atom. The van der Waals surface area contributed by atoms with Crippen molar-refractivity contribution < 1.29 is 47.7 Å². The number of rotatable bonds is 14. The van der Waals surface area contributed by atoms with E-state index in [0.717, 1.165) is 86.7 Å². The Hall–Kier alpha value is -7.25. The highest BCUT2D eigenvalue weighted by Crippen LogP contribution is 2.38. The first-order chi connectivity index (χ1) is 46.9. The van der Waals surface area contributed by atoms with E-state index in [9.17, 15) is 38.4 Å². The lowest BCUT2D eigenvalue weighted by Crippen LogP contribution is -2.41. The molecule has 1 fully saturated rings. The van der Waals surface area contributed by atoms with Crippen molar-refractivity contribution in [3.63, 3.8) is 0 Å². The molecule has 0 amide bonds. The third-order valence-corrected chi connectivity index (χ3v) is 21.3. The number of sulfonamides is 3. The molecule has 0 unspecified atom stereocenters. The molecule has 0 bridgehead atoms. The second-order valence-corrected chi connectivity index (χ2v) is 32.9. The summed E-state index contributed by atoms with van der Waals surface area (Å²) < 4.78 is 126. The van der Waals surface area contributed by atoms with Crippen LogP contribution in [0.4, 0.5) is 36.2 Å². The SMILES string of the molecule is C.C.CC1(C)OB(c2cnc(Cl)c(N(S(C)(=O)=O)S(C)(=O)=O)c2)OC1(C)C.C[C@H](N)c1ccc(F)cc1.C[C@H](Nc1ncnc2ccc(-c3cnc(Cl)c(NS(C)(=O)=O)c3)cc12)c1ccc(F)cc1.C[C@H](Nc1ncnc2ccc(I)cc12)c1ccc(F)cc1.Clc1ncnc2ccc(I)cc12. The van der Waals surface area contributed by atoms with Gasteiger partial charge < -0.3 is 25.7 Å². The van der Waals surface area contributed by atoms with E-state index in [-0.39, 0.29) is 75.8 Å². The number of hydrogen-bond donors (Lipinski definition) is 4.